The van der Waals surface area contributed by atoms with Crippen molar-refractivity contribution in [2.24, 2.45) is 0 Å². The number of rotatable bonds is 7. The summed E-state index contributed by atoms with van der Waals surface area (Å²) < 4.78 is 6.47. The van der Waals surface area contributed by atoms with Crippen LogP contribution in [-0.2, 0) is 0 Å². The van der Waals surface area contributed by atoms with Gasteiger partial charge in [-0.2, -0.15) is 0 Å². The molecular formula is C56H37NO. The highest BCUT2D eigenvalue weighted by Crippen LogP contribution is 2.48. The molecule has 0 spiro atoms. The second-order valence-corrected chi connectivity index (χ2v) is 14.8. The van der Waals surface area contributed by atoms with Gasteiger partial charge in [0, 0.05) is 16.8 Å². The van der Waals surface area contributed by atoms with Gasteiger partial charge < -0.3 is 9.32 Å². The lowest BCUT2D eigenvalue weighted by atomic mass is 9.85. The summed E-state index contributed by atoms with van der Waals surface area (Å²) >= 11 is 0. The second kappa shape index (κ2) is 14.1. The Labute approximate surface area is 337 Å². The van der Waals surface area contributed by atoms with Crippen LogP contribution in [-0.4, -0.2) is 0 Å². The number of anilines is 3. The quantitative estimate of drug-likeness (QED) is 0.151. The minimum absolute atomic E-state index is 0.863. The Balaban J connectivity index is 1.15. The van der Waals surface area contributed by atoms with Gasteiger partial charge in [0.05, 0.1) is 11.1 Å². The summed E-state index contributed by atoms with van der Waals surface area (Å²) in [5, 5.41) is 7.08. The molecule has 11 rings (SSSR count). The minimum Gasteiger partial charge on any atom is -0.456 e. The lowest BCUT2D eigenvalue weighted by Crippen LogP contribution is -2.10. The summed E-state index contributed by atoms with van der Waals surface area (Å²) in [7, 11) is 0. The zero-order valence-corrected chi connectivity index (χ0v) is 31.7. The van der Waals surface area contributed by atoms with Crippen LogP contribution in [0.15, 0.2) is 229 Å². The Kier molecular flexibility index (Phi) is 8.19. The maximum absolute atomic E-state index is 6.47. The molecule has 0 fully saturated rings. The van der Waals surface area contributed by atoms with E-state index in [1.165, 1.54) is 66.1 Å². The summed E-state index contributed by atoms with van der Waals surface area (Å²) in [6.07, 6.45) is 0. The van der Waals surface area contributed by atoms with Crippen LogP contribution in [0, 0.1) is 0 Å². The SMILES string of the molecule is c1ccc(-c2ccc(-c3ccc(N(c4ccc5c(c4)c(-c4ccccc4)c(-c4ccccc4)c4ccccc45)c4cccc5oc6ccccc6c45)cc3)cc2)cc1. The van der Waals surface area contributed by atoms with Gasteiger partial charge in [-0.15, -0.1) is 0 Å². The van der Waals surface area contributed by atoms with Crippen LogP contribution in [0.4, 0.5) is 17.1 Å². The fourth-order valence-corrected chi connectivity index (χ4v) is 8.79. The Bertz CT molecular complexity index is 3240. The van der Waals surface area contributed by atoms with Gasteiger partial charge in [-0.1, -0.05) is 182 Å². The average Bonchev–Trinajstić information content (AvgIpc) is 3.69. The second-order valence-electron chi connectivity index (χ2n) is 14.8. The highest BCUT2D eigenvalue weighted by molar-refractivity contribution is 6.22. The fourth-order valence-electron chi connectivity index (χ4n) is 8.79. The van der Waals surface area contributed by atoms with Crippen LogP contribution in [0.25, 0.3) is 88.0 Å². The van der Waals surface area contributed by atoms with E-state index in [9.17, 15) is 0 Å². The molecule has 0 aliphatic rings. The van der Waals surface area contributed by atoms with E-state index in [0.29, 0.717) is 0 Å². The zero-order chi connectivity index (χ0) is 38.4. The molecule has 0 saturated heterocycles. The Morgan fingerprint density at radius 2 is 0.724 bits per heavy atom. The molecule has 0 unspecified atom stereocenters. The van der Waals surface area contributed by atoms with Crippen molar-refractivity contribution in [1.82, 2.24) is 0 Å². The maximum Gasteiger partial charge on any atom is 0.137 e. The standard InChI is InChI=1S/C56H37NO/c1-4-15-38(16-5-1)39-27-29-40(30-28-39)41-31-33-44(34-32-41)57(51-24-14-26-53-56(51)49-23-12-13-25-52(49)58-53)45-35-36-47-46-21-10-11-22-48(46)54(42-17-6-2-7-18-42)55(50(47)37-45)43-19-8-3-9-20-43/h1-37H. The number of furan rings is 1. The topological polar surface area (TPSA) is 16.4 Å². The number of hydrogen-bond donors (Lipinski definition) is 0. The van der Waals surface area contributed by atoms with Gasteiger partial charge in [-0.25, -0.2) is 0 Å². The molecule has 0 atom stereocenters. The monoisotopic (exact) mass is 739 g/mol. The molecule has 10 aromatic carbocycles. The zero-order valence-electron chi connectivity index (χ0n) is 31.7. The first-order valence-electron chi connectivity index (χ1n) is 19.8. The van der Waals surface area contributed by atoms with Gasteiger partial charge in [0.25, 0.3) is 0 Å². The summed E-state index contributed by atoms with van der Waals surface area (Å²) in [6, 6.07) is 80.7. The van der Waals surface area contributed by atoms with E-state index in [2.05, 4.69) is 223 Å². The van der Waals surface area contributed by atoms with Crippen molar-refractivity contribution < 1.29 is 4.42 Å². The van der Waals surface area contributed by atoms with E-state index in [4.69, 9.17) is 4.42 Å². The van der Waals surface area contributed by atoms with Gasteiger partial charge in [-0.3, -0.25) is 0 Å². The van der Waals surface area contributed by atoms with Crippen molar-refractivity contribution in [1.29, 1.82) is 0 Å². The van der Waals surface area contributed by atoms with Gasteiger partial charge in [0.2, 0.25) is 0 Å². The van der Waals surface area contributed by atoms with E-state index in [1.54, 1.807) is 0 Å². The molecule has 1 heterocycles. The molecule has 0 bridgehead atoms. The summed E-state index contributed by atoms with van der Waals surface area (Å²) in [5.41, 5.74) is 14.6. The summed E-state index contributed by atoms with van der Waals surface area (Å²) in [4.78, 5) is 2.40. The Morgan fingerprint density at radius 3 is 1.36 bits per heavy atom. The van der Waals surface area contributed by atoms with Gasteiger partial charge in [-0.05, 0) is 109 Å². The first-order chi connectivity index (χ1) is 28.8. The molecule has 0 amide bonds. The molecular weight excluding hydrogens is 703 g/mol. The van der Waals surface area contributed by atoms with Crippen LogP contribution in [0.2, 0.25) is 0 Å². The van der Waals surface area contributed by atoms with Crippen LogP contribution < -0.4 is 4.90 Å². The molecule has 58 heavy (non-hydrogen) atoms. The Morgan fingerprint density at radius 1 is 0.276 bits per heavy atom. The van der Waals surface area contributed by atoms with E-state index in [-0.39, 0.29) is 0 Å². The third-order valence-corrected chi connectivity index (χ3v) is 11.5. The van der Waals surface area contributed by atoms with Gasteiger partial charge in [0.15, 0.2) is 0 Å². The largest absolute Gasteiger partial charge is 0.456 e. The Hall–Kier alpha value is -7.68. The van der Waals surface area contributed by atoms with Gasteiger partial charge >= 0.3 is 0 Å². The van der Waals surface area contributed by atoms with Crippen molar-refractivity contribution in [3.63, 3.8) is 0 Å². The van der Waals surface area contributed by atoms with Crippen molar-refractivity contribution in [3.8, 4) is 44.5 Å². The highest BCUT2D eigenvalue weighted by Gasteiger charge is 2.23. The summed E-state index contributed by atoms with van der Waals surface area (Å²) in [6.45, 7) is 0. The first kappa shape index (κ1) is 33.6. The molecule has 1 aromatic heterocycles. The number of hydrogen-bond acceptors (Lipinski definition) is 2. The van der Waals surface area contributed by atoms with Crippen molar-refractivity contribution in [3.05, 3.63) is 224 Å². The van der Waals surface area contributed by atoms with E-state index >= 15 is 0 Å². The highest BCUT2D eigenvalue weighted by atomic mass is 16.3. The molecule has 272 valence electrons. The van der Waals surface area contributed by atoms with Crippen LogP contribution in [0.3, 0.4) is 0 Å². The molecule has 0 aliphatic heterocycles. The number of para-hydroxylation sites is 1. The first-order valence-corrected chi connectivity index (χ1v) is 19.8. The van der Waals surface area contributed by atoms with Crippen molar-refractivity contribution in [2.45, 2.75) is 0 Å². The third-order valence-electron chi connectivity index (χ3n) is 11.5. The molecule has 11 aromatic rings. The van der Waals surface area contributed by atoms with Crippen LogP contribution >= 0.6 is 0 Å². The fraction of sp³-hybridized carbons (Fsp3) is 0. The molecule has 0 radical (unpaired) electrons. The predicted molar refractivity (Wildman–Crippen MR) is 245 cm³/mol. The molecule has 2 heteroatoms. The minimum atomic E-state index is 0.863. The lowest BCUT2D eigenvalue weighted by molar-refractivity contribution is 0.669. The molecule has 2 nitrogen and oxygen atoms in total. The lowest BCUT2D eigenvalue weighted by Gasteiger charge is -2.28. The molecule has 0 aliphatic carbocycles. The van der Waals surface area contributed by atoms with Gasteiger partial charge in [0.1, 0.15) is 11.2 Å². The molecule has 0 N–H and O–H groups in total. The van der Waals surface area contributed by atoms with Crippen LogP contribution in [0.5, 0.6) is 0 Å². The third kappa shape index (κ3) is 5.74. The van der Waals surface area contributed by atoms with E-state index in [0.717, 1.165) is 39.0 Å². The van der Waals surface area contributed by atoms with E-state index < -0.39 is 0 Å². The molecule has 0 saturated carbocycles. The predicted octanol–water partition coefficient (Wildman–Crippen LogP) is 16.0. The van der Waals surface area contributed by atoms with E-state index in [1.807, 2.05) is 6.07 Å². The smallest absolute Gasteiger partial charge is 0.137 e. The normalized spacial score (nSPS) is 11.4. The number of fused-ring (bicyclic) bond motifs is 6. The van der Waals surface area contributed by atoms with Crippen LogP contribution in [0.1, 0.15) is 0 Å². The maximum atomic E-state index is 6.47. The summed E-state index contributed by atoms with van der Waals surface area (Å²) in [5.74, 6) is 0. The average molecular weight is 740 g/mol. The number of benzene rings is 10. The van der Waals surface area contributed by atoms with Crippen molar-refractivity contribution >= 4 is 60.5 Å². The number of nitrogens with zero attached hydrogens (tertiary/aromatic N) is 1. The van der Waals surface area contributed by atoms with Crippen molar-refractivity contribution in [2.75, 3.05) is 4.90 Å².